The fourth-order valence-corrected chi connectivity index (χ4v) is 3.51. The first-order valence-electron chi connectivity index (χ1n) is 11.8. The quantitative estimate of drug-likeness (QED) is 0.369. The molecule has 182 valence electrons. The third kappa shape index (κ3) is 10.1. The molecule has 1 aromatic rings. The van der Waals surface area contributed by atoms with Crippen molar-refractivity contribution in [1.82, 2.24) is 10.6 Å². The van der Waals surface area contributed by atoms with Gasteiger partial charge in [-0.15, -0.1) is 0 Å². The van der Waals surface area contributed by atoms with E-state index in [0.717, 1.165) is 24.0 Å². The smallest absolute Gasteiger partial charge is 0.243 e. The molecule has 1 rings (SSSR count). The van der Waals surface area contributed by atoms with Crippen molar-refractivity contribution in [2.45, 2.75) is 78.8 Å². The minimum Gasteiger partial charge on any atom is -0.368 e. The van der Waals surface area contributed by atoms with Crippen LogP contribution in [0.5, 0.6) is 0 Å². The fraction of sp³-hybridized carbons (Fsp3) is 0.519. The maximum Gasteiger partial charge on any atom is 0.243 e. The Morgan fingerprint density at radius 1 is 1.06 bits per heavy atom. The van der Waals surface area contributed by atoms with Crippen LogP contribution in [0.15, 0.2) is 54.1 Å². The molecule has 0 spiro atoms. The van der Waals surface area contributed by atoms with E-state index in [9.17, 15) is 14.4 Å². The molecule has 0 bridgehead atoms. The second-order valence-corrected chi connectivity index (χ2v) is 9.01. The highest BCUT2D eigenvalue weighted by molar-refractivity contribution is 5.92. The zero-order chi connectivity index (χ0) is 25.0. The predicted molar refractivity (Wildman–Crippen MR) is 134 cm³/mol. The molecular weight excluding hydrogens is 414 g/mol. The van der Waals surface area contributed by atoms with Gasteiger partial charge in [-0.05, 0) is 37.7 Å². The van der Waals surface area contributed by atoms with E-state index in [0.29, 0.717) is 19.3 Å². The average molecular weight is 456 g/mol. The van der Waals surface area contributed by atoms with Crippen molar-refractivity contribution in [3.8, 4) is 0 Å². The number of benzene rings is 1. The molecule has 6 nitrogen and oxygen atoms in total. The van der Waals surface area contributed by atoms with Crippen molar-refractivity contribution in [3.63, 3.8) is 0 Å². The highest BCUT2D eigenvalue weighted by Crippen LogP contribution is 2.18. The number of allylic oxidation sites excluding steroid dienone is 3. The van der Waals surface area contributed by atoms with E-state index in [4.69, 9.17) is 5.73 Å². The van der Waals surface area contributed by atoms with Gasteiger partial charge in [0.15, 0.2) is 0 Å². The van der Waals surface area contributed by atoms with Crippen LogP contribution in [0.2, 0.25) is 0 Å². The van der Waals surface area contributed by atoms with Crippen LogP contribution in [0.25, 0.3) is 0 Å². The summed E-state index contributed by atoms with van der Waals surface area (Å²) in [5.41, 5.74) is 8.72. The van der Waals surface area contributed by atoms with Gasteiger partial charge in [-0.2, -0.15) is 0 Å². The maximum absolute atomic E-state index is 13.1. The lowest BCUT2D eigenvalue weighted by Gasteiger charge is -2.27. The summed E-state index contributed by atoms with van der Waals surface area (Å²) in [6.45, 7) is 13.7. The second kappa shape index (κ2) is 14.3. The van der Waals surface area contributed by atoms with Crippen LogP contribution in [0, 0.1) is 11.8 Å². The third-order valence-corrected chi connectivity index (χ3v) is 5.95. The molecule has 4 atom stereocenters. The number of hydrogen-bond donors (Lipinski definition) is 3. The molecule has 0 saturated heterocycles. The number of carbonyl (C=O) groups is 3. The molecule has 1 aromatic carbocycles. The van der Waals surface area contributed by atoms with Crippen LogP contribution in [-0.4, -0.2) is 29.8 Å². The molecular formula is C27H41N3O3. The van der Waals surface area contributed by atoms with Gasteiger partial charge in [0.05, 0.1) is 0 Å². The Morgan fingerprint density at radius 2 is 1.70 bits per heavy atom. The topological polar surface area (TPSA) is 101 Å². The summed E-state index contributed by atoms with van der Waals surface area (Å²) < 4.78 is 0. The lowest BCUT2D eigenvalue weighted by Crippen LogP contribution is -2.56. The Bertz CT molecular complexity index is 832. The molecule has 0 fully saturated rings. The van der Waals surface area contributed by atoms with Crippen LogP contribution < -0.4 is 16.4 Å². The van der Waals surface area contributed by atoms with E-state index in [1.807, 2.05) is 58.0 Å². The second-order valence-electron chi connectivity index (χ2n) is 9.01. The van der Waals surface area contributed by atoms with E-state index in [1.165, 1.54) is 5.57 Å². The average Bonchev–Trinajstić information content (AvgIpc) is 2.79. The van der Waals surface area contributed by atoms with Crippen molar-refractivity contribution < 1.29 is 14.4 Å². The molecule has 3 amide bonds. The largest absolute Gasteiger partial charge is 0.368 e. The number of amides is 3. The van der Waals surface area contributed by atoms with Crippen molar-refractivity contribution in [2.75, 3.05) is 0 Å². The van der Waals surface area contributed by atoms with Crippen LogP contribution in [0.3, 0.4) is 0 Å². The molecule has 0 unspecified atom stereocenters. The Labute approximate surface area is 199 Å². The van der Waals surface area contributed by atoms with Gasteiger partial charge in [0.1, 0.15) is 12.1 Å². The summed E-state index contributed by atoms with van der Waals surface area (Å²) in [5, 5.41) is 5.68. The first-order valence-corrected chi connectivity index (χ1v) is 11.8. The Hall–Kier alpha value is -2.89. The van der Waals surface area contributed by atoms with Gasteiger partial charge in [0.2, 0.25) is 17.7 Å². The number of nitrogens with one attached hydrogen (secondary N) is 2. The highest BCUT2D eigenvalue weighted by Gasteiger charge is 2.30. The normalized spacial score (nSPS) is 15.1. The number of nitrogens with two attached hydrogens (primary N) is 1. The fourth-order valence-electron chi connectivity index (χ4n) is 3.51. The zero-order valence-electron chi connectivity index (χ0n) is 20.8. The predicted octanol–water partition coefficient (Wildman–Crippen LogP) is 4.06. The number of primary amides is 1. The summed E-state index contributed by atoms with van der Waals surface area (Å²) in [6, 6.07) is 7.79. The Morgan fingerprint density at radius 3 is 2.21 bits per heavy atom. The van der Waals surface area contributed by atoms with E-state index >= 15 is 0 Å². The maximum atomic E-state index is 13.1. The van der Waals surface area contributed by atoms with Gasteiger partial charge in [0, 0.05) is 12.3 Å². The summed E-state index contributed by atoms with van der Waals surface area (Å²) >= 11 is 0. The third-order valence-electron chi connectivity index (χ3n) is 5.95. The van der Waals surface area contributed by atoms with Gasteiger partial charge in [0.25, 0.3) is 0 Å². The molecule has 0 saturated carbocycles. The summed E-state index contributed by atoms with van der Waals surface area (Å²) in [5.74, 6) is -1.56. The van der Waals surface area contributed by atoms with Gasteiger partial charge in [-0.3, -0.25) is 14.4 Å². The molecule has 0 aliphatic carbocycles. The van der Waals surface area contributed by atoms with Crippen molar-refractivity contribution in [1.29, 1.82) is 0 Å². The Balaban J connectivity index is 2.89. The SMILES string of the molecule is C=C(C)C/C=C(\CC)C[C@H](C)C(=O)N[C@H](C(=O)N[C@@H](Cc1ccccc1)C(N)=O)[C@@H](C)CC. The number of rotatable bonds is 14. The number of hydrogen-bond acceptors (Lipinski definition) is 3. The molecule has 4 N–H and O–H groups in total. The van der Waals surface area contributed by atoms with Crippen LogP contribution in [0.4, 0.5) is 0 Å². The summed E-state index contributed by atoms with van der Waals surface area (Å²) in [7, 11) is 0. The van der Waals surface area contributed by atoms with Crippen molar-refractivity contribution >= 4 is 17.7 Å². The first-order chi connectivity index (χ1) is 15.6. The molecule has 0 aliphatic rings. The van der Waals surface area contributed by atoms with Crippen LogP contribution >= 0.6 is 0 Å². The van der Waals surface area contributed by atoms with Crippen molar-refractivity contribution in [3.05, 3.63) is 59.7 Å². The number of carbonyl (C=O) groups excluding carboxylic acids is 3. The monoisotopic (exact) mass is 455 g/mol. The summed E-state index contributed by atoms with van der Waals surface area (Å²) in [4.78, 5) is 38.1. The van der Waals surface area contributed by atoms with Gasteiger partial charge in [-0.25, -0.2) is 0 Å². The Kier molecular flexibility index (Phi) is 12.2. The minimum atomic E-state index is -0.849. The van der Waals surface area contributed by atoms with E-state index in [-0.39, 0.29) is 17.7 Å². The van der Waals surface area contributed by atoms with Crippen LogP contribution in [-0.2, 0) is 20.8 Å². The van der Waals surface area contributed by atoms with Gasteiger partial charge >= 0.3 is 0 Å². The zero-order valence-corrected chi connectivity index (χ0v) is 20.8. The molecule has 0 aliphatic heterocycles. The van der Waals surface area contributed by atoms with Crippen LogP contribution in [0.1, 0.15) is 65.9 Å². The summed E-state index contributed by atoms with van der Waals surface area (Å²) in [6.07, 6.45) is 5.41. The first kappa shape index (κ1) is 28.1. The van der Waals surface area contributed by atoms with Crippen molar-refractivity contribution in [2.24, 2.45) is 17.6 Å². The van der Waals surface area contributed by atoms with E-state index in [2.05, 4.69) is 30.2 Å². The van der Waals surface area contributed by atoms with E-state index in [1.54, 1.807) is 0 Å². The lowest BCUT2D eigenvalue weighted by atomic mass is 9.94. The highest BCUT2D eigenvalue weighted by atomic mass is 16.2. The standard InChI is InChI=1S/C27H41N3O3/c1-7-19(5)24(30-26(32)20(6)16-21(8-2)15-14-18(3)4)27(33)29-23(25(28)31)17-22-12-10-9-11-13-22/h9-13,15,19-20,23-24H,3,7-8,14,16-17H2,1-2,4-6H3,(H2,28,31)(H,29,33)(H,30,32)/b21-15+/t19-,20-,23-,24-/m0/s1. The molecule has 33 heavy (non-hydrogen) atoms. The molecule has 0 heterocycles. The lowest BCUT2D eigenvalue weighted by molar-refractivity contribution is -0.133. The van der Waals surface area contributed by atoms with Gasteiger partial charge < -0.3 is 16.4 Å². The molecule has 6 heteroatoms. The van der Waals surface area contributed by atoms with Gasteiger partial charge in [-0.1, -0.05) is 88.2 Å². The molecule has 0 aromatic heterocycles. The minimum absolute atomic E-state index is 0.101. The van der Waals surface area contributed by atoms with E-state index < -0.39 is 23.9 Å². The molecule has 0 radical (unpaired) electrons.